The van der Waals surface area contributed by atoms with E-state index < -0.39 is 5.97 Å². The Labute approximate surface area is 116 Å². The minimum Gasteiger partial charge on any atom is -0.478 e. The van der Waals surface area contributed by atoms with Gasteiger partial charge in [-0.3, -0.25) is 4.98 Å². The molecular formula is C16H14N2O2. The van der Waals surface area contributed by atoms with Crippen LogP contribution in [0.3, 0.4) is 0 Å². The molecule has 1 N–H and O–H groups in total. The number of carboxylic acid groups (broad SMARTS) is 1. The average molecular weight is 266 g/mol. The highest BCUT2D eigenvalue weighted by Gasteiger charge is 2.12. The summed E-state index contributed by atoms with van der Waals surface area (Å²) >= 11 is 0. The summed E-state index contributed by atoms with van der Waals surface area (Å²) in [5.41, 5.74) is 4.34. The van der Waals surface area contributed by atoms with Crippen LogP contribution in [0.1, 0.15) is 15.9 Å². The van der Waals surface area contributed by atoms with Gasteiger partial charge in [-0.1, -0.05) is 12.1 Å². The quantitative estimate of drug-likeness (QED) is 0.774. The van der Waals surface area contributed by atoms with Gasteiger partial charge in [0.05, 0.1) is 11.3 Å². The van der Waals surface area contributed by atoms with Gasteiger partial charge in [-0.05, 0) is 30.7 Å². The molecule has 20 heavy (non-hydrogen) atoms. The van der Waals surface area contributed by atoms with Crippen LogP contribution in [-0.4, -0.2) is 20.6 Å². The van der Waals surface area contributed by atoms with Crippen LogP contribution in [0.4, 0.5) is 0 Å². The molecule has 0 radical (unpaired) electrons. The number of benzene rings is 1. The largest absolute Gasteiger partial charge is 0.478 e. The zero-order valence-electron chi connectivity index (χ0n) is 11.3. The fraction of sp³-hybridized carbons (Fsp3) is 0.125. The lowest BCUT2D eigenvalue weighted by molar-refractivity contribution is 0.0696. The molecule has 4 heteroatoms. The van der Waals surface area contributed by atoms with E-state index in [1.807, 2.05) is 19.3 Å². The standard InChI is InChI=1S/C16H14N2O2/c1-10-4-3-5-14-15(10)12(9-18(14)2)13-7-6-11(8-17-13)16(19)20/h3-9H,1-2H3,(H,19,20). The van der Waals surface area contributed by atoms with Gasteiger partial charge in [-0.25, -0.2) is 4.79 Å². The number of carboxylic acids is 1. The molecule has 0 saturated heterocycles. The molecule has 3 aromatic rings. The van der Waals surface area contributed by atoms with E-state index in [0.717, 1.165) is 22.2 Å². The van der Waals surface area contributed by atoms with Crippen molar-refractivity contribution in [3.05, 3.63) is 53.9 Å². The van der Waals surface area contributed by atoms with Crippen LogP contribution in [-0.2, 0) is 7.05 Å². The van der Waals surface area contributed by atoms with E-state index in [1.54, 1.807) is 12.1 Å². The molecule has 1 aromatic carbocycles. The molecule has 0 unspecified atom stereocenters. The third-order valence-corrected chi connectivity index (χ3v) is 3.51. The van der Waals surface area contributed by atoms with Crippen LogP contribution in [0.25, 0.3) is 22.2 Å². The van der Waals surface area contributed by atoms with E-state index in [0.29, 0.717) is 0 Å². The van der Waals surface area contributed by atoms with Gasteiger partial charge in [0.15, 0.2) is 0 Å². The SMILES string of the molecule is Cc1cccc2c1c(-c1ccc(C(=O)O)cn1)cn2C. The van der Waals surface area contributed by atoms with Crippen LogP contribution in [0.2, 0.25) is 0 Å². The molecule has 3 rings (SSSR count). The van der Waals surface area contributed by atoms with Crippen molar-refractivity contribution in [2.45, 2.75) is 6.92 Å². The number of nitrogens with zero attached hydrogens (tertiary/aromatic N) is 2. The Hall–Kier alpha value is -2.62. The van der Waals surface area contributed by atoms with Crippen molar-refractivity contribution in [2.75, 3.05) is 0 Å². The minimum atomic E-state index is -0.960. The summed E-state index contributed by atoms with van der Waals surface area (Å²) in [4.78, 5) is 15.2. The average Bonchev–Trinajstić information content (AvgIpc) is 2.78. The molecule has 2 aromatic heterocycles. The predicted molar refractivity (Wildman–Crippen MR) is 77.8 cm³/mol. The second-order valence-electron chi connectivity index (χ2n) is 4.86. The molecule has 0 spiro atoms. The highest BCUT2D eigenvalue weighted by Crippen LogP contribution is 2.31. The molecule has 100 valence electrons. The third-order valence-electron chi connectivity index (χ3n) is 3.51. The Balaban J connectivity index is 2.22. The van der Waals surface area contributed by atoms with Crippen molar-refractivity contribution in [3.8, 4) is 11.3 Å². The Kier molecular flexibility index (Phi) is 2.79. The number of aromatic carboxylic acids is 1. The summed E-state index contributed by atoms with van der Waals surface area (Å²) in [7, 11) is 2.00. The summed E-state index contributed by atoms with van der Waals surface area (Å²) in [6.07, 6.45) is 3.43. The molecule has 0 aliphatic carbocycles. The number of fused-ring (bicyclic) bond motifs is 1. The van der Waals surface area contributed by atoms with E-state index >= 15 is 0 Å². The third kappa shape index (κ3) is 1.86. The summed E-state index contributed by atoms with van der Waals surface area (Å²) < 4.78 is 2.06. The minimum absolute atomic E-state index is 0.200. The maximum atomic E-state index is 10.9. The summed E-state index contributed by atoms with van der Waals surface area (Å²) in [6.45, 7) is 2.07. The van der Waals surface area contributed by atoms with Gasteiger partial charge in [-0.15, -0.1) is 0 Å². The van der Waals surface area contributed by atoms with Crippen molar-refractivity contribution < 1.29 is 9.90 Å². The maximum Gasteiger partial charge on any atom is 0.337 e. The molecule has 2 heterocycles. The molecule has 0 saturated carbocycles. The van der Waals surface area contributed by atoms with Crippen LogP contribution in [0.5, 0.6) is 0 Å². The van der Waals surface area contributed by atoms with E-state index in [1.165, 1.54) is 11.8 Å². The van der Waals surface area contributed by atoms with Gasteiger partial charge in [0.2, 0.25) is 0 Å². The lowest BCUT2D eigenvalue weighted by Crippen LogP contribution is -1.97. The number of pyridine rings is 1. The lowest BCUT2D eigenvalue weighted by atomic mass is 10.0. The first-order chi connectivity index (χ1) is 9.58. The maximum absolute atomic E-state index is 10.9. The first kappa shape index (κ1) is 12.4. The van der Waals surface area contributed by atoms with Crippen LogP contribution < -0.4 is 0 Å². The van der Waals surface area contributed by atoms with E-state index in [4.69, 9.17) is 5.11 Å². The highest BCUT2D eigenvalue weighted by atomic mass is 16.4. The summed E-state index contributed by atoms with van der Waals surface area (Å²) in [5.74, 6) is -0.960. The number of aryl methyl sites for hydroxylation is 2. The van der Waals surface area contributed by atoms with Gasteiger partial charge in [0.1, 0.15) is 0 Å². The Morgan fingerprint density at radius 3 is 2.70 bits per heavy atom. The highest BCUT2D eigenvalue weighted by molar-refractivity contribution is 5.97. The monoisotopic (exact) mass is 266 g/mol. The zero-order valence-corrected chi connectivity index (χ0v) is 11.3. The van der Waals surface area contributed by atoms with Crippen LogP contribution in [0.15, 0.2) is 42.7 Å². The molecule has 0 aliphatic heterocycles. The zero-order chi connectivity index (χ0) is 14.3. The van der Waals surface area contributed by atoms with E-state index in [9.17, 15) is 4.79 Å². The predicted octanol–water partition coefficient (Wildman–Crippen LogP) is 3.25. The van der Waals surface area contributed by atoms with Crippen molar-refractivity contribution >= 4 is 16.9 Å². The number of rotatable bonds is 2. The van der Waals surface area contributed by atoms with Crippen molar-refractivity contribution in [1.82, 2.24) is 9.55 Å². The molecular weight excluding hydrogens is 252 g/mol. The number of hydrogen-bond donors (Lipinski definition) is 1. The van der Waals surface area contributed by atoms with Gasteiger partial charge >= 0.3 is 5.97 Å². The normalized spacial score (nSPS) is 10.9. The number of aromatic nitrogens is 2. The summed E-state index contributed by atoms with van der Waals surface area (Å²) in [6, 6.07) is 9.50. The van der Waals surface area contributed by atoms with Crippen molar-refractivity contribution in [1.29, 1.82) is 0 Å². The van der Waals surface area contributed by atoms with Crippen molar-refractivity contribution in [2.24, 2.45) is 7.05 Å². The second kappa shape index (κ2) is 4.49. The Morgan fingerprint density at radius 2 is 2.05 bits per heavy atom. The number of carbonyl (C=O) groups is 1. The second-order valence-corrected chi connectivity index (χ2v) is 4.86. The van der Waals surface area contributed by atoms with Crippen LogP contribution in [0, 0.1) is 6.92 Å². The Morgan fingerprint density at radius 1 is 1.25 bits per heavy atom. The fourth-order valence-electron chi connectivity index (χ4n) is 2.50. The van der Waals surface area contributed by atoms with E-state index in [2.05, 4.69) is 28.6 Å². The molecule has 4 nitrogen and oxygen atoms in total. The van der Waals surface area contributed by atoms with Crippen molar-refractivity contribution in [3.63, 3.8) is 0 Å². The first-order valence-corrected chi connectivity index (χ1v) is 6.32. The van der Waals surface area contributed by atoms with Gasteiger partial charge < -0.3 is 9.67 Å². The first-order valence-electron chi connectivity index (χ1n) is 6.32. The molecule has 0 atom stereocenters. The fourth-order valence-corrected chi connectivity index (χ4v) is 2.50. The Bertz CT molecular complexity index is 801. The molecule has 0 amide bonds. The van der Waals surface area contributed by atoms with Crippen LogP contribution >= 0.6 is 0 Å². The lowest BCUT2D eigenvalue weighted by Gasteiger charge is -2.02. The number of hydrogen-bond acceptors (Lipinski definition) is 2. The molecule has 0 aliphatic rings. The van der Waals surface area contributed by atoms with E-state index in [-0.39, 0.29) is 5.56 Å². The van der Waals surface area contributed by atoms with Gasteiger partial charge in [-0.2, -0.15) is 0 Å². The summed E-state index contributed by atoms with van der Waals surface area (Å²) in [5, 5.41) is 10.1. The topological polar surface area (TPSA) is 55.1 Å². The smallest absolute Gasteiger partial charge is 0.337 e. The molecule has 0 bridgehead atoms. The van der Waals surface area contributed by atoms with Gasteiger partial charge in [0, 0.05) is 35.9 Å². The molecule has 0 fully saturated rings. The van der Waals surface area contributed by atoms with Gasteiger partial charge in [0.25, 0.3) is 0 Å².